The fourth-order valence-electron chi connectivity index (χ4n) is 2.22. The molecule has 1 unspecified atom stereocenters. The molecule has 0 aliphatic heterocycles. The molecule has 0 fully saturated rings. The number of guanidine groups is 1. The normalized spacial score (nSPS) is 13.4. The largest absolute Gasteiger partial charge is 0.464 e. The summed E-state index contributed by atoms with van der Waals surface area (Å²) in [7, 11) is -3.57. The SMILES string of the molecule is CCNC(=NCCNS(=O)(=O)c1cccnc1)NC(C)c1ccc(C)o1. The highest BCUT2D eigenvalue weighted by Gasteiger charge is 2.13. The summed E-state index contributed by atoms with van der Waals surface area (Å²) in [5.41, 5.74) is 0. The lowest BCUT2D eigenvalue weighted by Gasteiger charge is -2.16. The Morgan fingerprint density at radius 1 is 1.35 bits per heavy atom. The first kappa shape index (κ1) is 19.9. The van der Waals surface area contributed by atoms with Gasteiger partial charge in [0.1, 0.15) is 16.4 Å². The fraction of sp³-hybridized carbons (Fsp3) is 0.412. The number of hydrogen-bond acceptors (Lipinski definition) is 5. The maximum Gasteiger partial charge on any atom is 0.242 e. The minimum absolute atomic E-state index is 0.0615. The predicted octanol–water partition coefficient (Wildman–Crippen LogP) is 1.58. The van der Waals surface area contributed by atoms with Crippen molar-refractivity contribution < 1.29 is 12.8 Å². The molecule has 0 aliphatic carbocycles. The van der Waals surface area contributed by atoms with Gasteiger partial charge in [0.05, 0.1) is 12.6 Å². The molecule has 142 valence electrons. The van der Waals surface area contributed by atoms with Gasteiger partial charge < -0.3 is 15.1 Å². The number of rotatable bonds is 8. The third-order valence-corrected chi connectivity index (χ3v) is 4.95. The zero-order valence-corrected chi connectivity index (χ0v) is 16.0. The van der Waals surface area contributed by atoms with Gasteiger partial charge in [0.25, 0.3) is 0 Å². The van der Waals surface area contributed by atoms with E-state index >= 15 is 0 Å². The number of aryl methyl sites for hydroxylation is 1. The lowest BCUT2D eigenvalue weighted by atomic mass is 10.2. The topological polar surface area (TPSA) is 109 Å². The Morgan fingerprint density at radius 2 is 2.15 bits per heavy atom. The standard InChI is InChI=1S/C17H25N5O3S/c1-4-19-17(22-14(3)16-8-7-13(2)25-16)20-10-11-21-26(23,24)15-6-5-9-18-12-15/h5-9,12,14,21H,4,10-11H2,1-3H3,(H2,19,20,22). The van der Waals surface area contributed by atoms with Crippen molar-refractivity contribution in [2.75, 3.05) is 19.6 Å². The number of sulfonamides is 1. The van der Waals surface area contributed by atoms with E-state index in [0.29, 0.717) is 19.0 Å². The van der Waals surface area contributed by atoms with Crippen molar-refractivity contribution in [1.29, 1.82) is 0 Å². The Balaban J connectivity index is 1.90. The van der Waals surface area contributed by atoms with Crippen LogP contribution in [0.1, 0.15) is 31.4 Å². The molecule has 9 heteroatoms. The summed E-state index contributed by atoms with van der Waals surface area (Å²) in [4.78, 5) is 8.35. The third-order valence-electron chi connectivity index (χ3n) is 3.50. The molecule has 0 spiro atoms. The van der Waals surface area contributed by atoms with E-state index in [1.54, 1.807) is 6.07 Å². The number of nitrogens with zero attached hydrogens (tertiary/aromatic N) is 2. The van der Waals surface area contributed by atoms with Crippen LogP contribution >= 0.6 is 0 Å². The molecule has 0 saturated heterocycles. The lowest BCUT2D eigenvalue weighted by molar-refractivity contribution is 0.441. The van der Waals surface area contributed by atoms with Crippen molar-refractivity contribution in [3.63, 3.8) is 0 Å². The van der Waals surface area contributed by atoms with Crippen molar-refractivity contribution in [2.24, 2.45) is 4.99 Å². The van der Waals surface area contributed by atoms with E-state index in [-0.39, 0.29) is 17.5 Å². The van der Waals surface area contributed by atoms with Gasteiger partial charge in [-0.2, -0.15) is 0 Å². The maximum atomic E-state index is 12.1. The molecule has 1 atom stereocenters. The summed E-state index contributed by atoms with van der Waals surface area (Å²) < 4.78 is 32.4. The molecule has 0 aliphatic rings. The van der Waals surface area contributed by atoms with Crippen LogP contribution < -0.4 is 15.4 Å². The van der Waals surface area contributed by atoms with E-state index in [9.17, 15) is 8.42 Å². The van der Waals surface area contributed by atoms with Gasteiger partial charge >= 0.3 is 0 Å². The number of nitrogens with one attached hydrogen (secondary N) is 3. The van der Waals surface area contributed by atoms with Crippen LogP contribution in [0.4, 0.5) is 0 Å². The Hall–Kier alpha value is -2.39. The van der Waals surface area contributed by atoms with Crippen LogP contribution in [0, 0.1) is 6.92 Å². The molecule has 2 rings (SSSR count). The Bertz CT molecular complexity index is 818. The summed E-state index contributed by atoms with van der Waals surface area (Å²) in [6, 6.07) is 6.84. The highest BCUT2D eigenvalue weighted by Crippen LogP contribution is 2.15. The van der Waals surface area contributed by atoms with Crippen molar-refractivity contribution in [3.05, 3.63) is 48.2 Å². The monoisotopic (exact) mass is 379 g/mol. The summed E-state index contributed by atoms with van der Waals surface area (Å²) >= 11 is 0. The highest BCUT2D eigenvalue weighted by atomic mass is 32.2. The zero-order chi connectivity index (χ0) is 19.0. The molecule has 2 heterocycles. The summed E-state index contributed by atoms with van der Waals surface area (Å²) in [5, 5.41) is 6.36. The van der Waals surface area contributed by atoms with Crippen LogP contribution in [0.3, 0.4) is 0 Å². The average molecular weight is 379 g/mol. The molecule has 2 aromatic rings. The van der Waals surface area contributed by atoms with Crippen LogP contribution in [0.2, 0.25) is 0 Å². The first-order chi connectivity index (χ1) is 12.4. The minimum Gasteiger partial charge on any atom is -0.464 e. The zero-order valence-electron chi connectivity index (χ0n) is 15.2. The number of pyridine rings is 1. The smallest absolute Gasteiger partial charge is 0.242 e. The number of aromatic nitrogens is 1. The van der Waals surface area contributed by atoms with Crippen molar-refractivity contribution in [3.8, 4) is 0 Å². The first-order valence-electron chi connectivity index (χ1n) is 8.43. The number of furan rings is 1. The summed E-state index contributed by atoms with van der Waals surface area (Å²) in [6.07, 6.45) is 2.84. The molecule has 0 radical (unpaired) electrons. The van der Waals surface area contributed by atoms with Crippen LogP contribution in [-0.2, 0) is 10.0 Å². The Kier molecular flexibility index (Phi) is 7.16. The van der Waals surface area contributed by atoms with Gasteiger partial charge in [-0.05, 0) is 45.0 Å². The molecule has 0 aromatic carbocycles. The van der Waals surface area contributed by atoms with Gasteiger partial charge in [-0.3, -0.25) is 9.98 Å². The Morgan fingerprint density at radius 3 is 2.77 bits per heavy atom. The summed E-state index contributed by atoms with van der Waals surface area (Å²) in [6.45, 7) is 6.99. The fourth-order valence-corrected chi connectivity index (χ4v) is 3.20. The van der Waals surface area contributed by atoms with Gasteiger partial charge in [0.15, 0.2) is 5.96 Å². The third kappa shape index (κ3) is 5.85. The predicted molar refractivity (Wildman–Crippen MR) is 100 cm³/mol. The van der Waals surface area contributed by atoms with Crippen molar-refractivity contribution in [2.45, 2.75) is 31.7 Å². The molecule has 8 nitrogen and oxygen atoms in total. The second kappa shape index (κ2) is 9.35. The van der Waals surface area contributed by atoms with E-state index < -0.39 is 10.0 Å². The minimum atomic E-state index is -3.57. The lowest BCUT2D eigenvalue weighted by Crippen LogP contribution is -2.39. The van der Waals surface area contributed by atoms with Crippen LogP contribution in [0.15, 0.2) is 51.0 Å². The maximum absolute atomic E-state index is 12.1. The van der Waals surface area contributed by atoms with Crippen molar-refractivity contribution in [1.82, 2.24) is 20.3 Å². The Labute approximate surface area is 154 Å². The van der Waals surface area contributed by atoms with E-state index in [2.05, 4.69) is 25.3 Å². The second-order valence-electron chi connectivity index (χ2n) is 5.66. The molecule has 0 bridgehead atoms. The van der Waals surface area contributed by atoms with Crippen molar-refractivity contribution >= 4 is 16.0 Å². The van der Waals surface area contributed by atoms with Gasteiger partial charge in [-0.15, -0.1) is 0 Å². The molecule has 0 saturated carbocycles. The van der Waals surface area contributed by atoms with Gasteiger partial charge in [-0.25, -0.2) is 13.1 Å². The highest BCUT2D eigenvalue weighted by molar-refractivity contribution is 7.89. The van der Waals surface area contributed by atoms with Gasteiger partial charge in [0, 0.05) is 25.5 Å². The molecular formula is C17H25N5O3S. The molecule has 0 amide bonds. The van der Waals surface area contributed by atoms with E-state index in [1.807, 2.05) is 32.9 Å². The number of aliphatic imine (C=N–C) groups is 1. The first-order valence-corrected chi connectivity index (χ1v) is 9.91. The van der Waals surface area contributed by atoms with Crippen LogP contribution in [-0.4, -0.2) is 39.0 Å². The van der Waals surface area contributed by atoms with E-state index in [0.717, 1.165) is 11.5 Å². The second-order valence-corrected chi connectivity index (χ2v) is 7.43. The molecular weight excluding hydrogens is 354 g/mol. The summed E-state index contributed by atoms with van der Waals surface area (Å²) in [5.74, 6) is 2.25. The van der Waals surface area contributed by atoms with Crippen LogP contribution in [0.25, 0.3) is 0 Å². The van der Waals surface area contributed by atoms with Gasteiger partial charge in [-0.1, -0.05) is 0 Å². The van der Waals surface area contributed by atoms with E-state index in [1.165, 1.54) is 18.5 Å². The van der Waals surface area contributed by atoms with E-state index in [4.69, 9.17) is 4.42 Å². The molecule has 3 N–H and O–H groups in total. The quantitative estimate of drug-likeness (QED) is 0.365. The number of hydrogen-bond donors (Lipinski definition) is 3. The average Bonchev–Trinajstić information content (AvgIpc) is 3.06. The molecule has 26 heavy (non-hydrogen) atoms. The van der Waals surface area contributed by atoms with Crippen LogP contribution in [0.5, 0.6) is 0 Å². The van der Waals surface area contributed by atoms with Gasteiger partial charge in [0.2, 0.25) is 10.0 Å². The molecule has 2 aromatic heterocycles.